The Morgan fingerprint density at radius 1 is 1.13 bits per heavy atom. The van der Waals surface area contributed by atoms with Crippen LogP contribution in [0.15, 0.2) is 54.6 Å². The van der Waals surface area contributed by atoms with Crippen molar-refractivity contribution in [3.8, 4) is 11.5 Å². The van der Waals surface area contributed by atoms with Gasteiger partial charge in [0.2, 0.25) is 0 Å². The van der Waals surface area contributed by atoms with Gasteiger partial charge in [0.15, 0.2) is 11.5 Å². The van der Waals surface area contributed by atoms with E-state index in [2.05, 4.69) is 22.5 Å². The second-order valence-electron chi connectivity index (χ2n) is 6.81. The molecule has 4 rings (SSSR count). The number of carbonyl (C=O) groups excluding carboxylic acids is 1. The molecule has 0 bridgehead atoms. The Bertz CT molecular complexity index is 1180. The highest BCUT2D eigenvalue weighted by Crippen LogP contribution is 2.32. The summed E-state index contributed by atoms with van der Waals surface area (Å²) in [6.45, 7) is 5.06. The summed E-state index contributed by atoms with van der Waals surface area (Å²) in [4.78, 5) is 14.5. The molecule has 0 saturated heterocycles. The third-order valence-corrected chi connectivity index (χ3v) is 5.87. The summed E-state index contributed by atoms with van der Waals surface area (Å²) in [7, 11) is 1.59. The average molecular weight is 422 g/mol. The summed E-state index contributed by atoms with van der Waals surface area (Å²) >= 11 is 1.45. The van der Waals surface area contributed by atoms with Gasteiger partial charge in [-0.25, -0.2) is 0 Å². The van der Waals surface area contributed by atoms with Crippen LogP contribution in [-0.4, -0.2) is 29.4 Å². The first-order chi connectivity index (χ1) is 14.6. The maximum absolute atomic E-state index is 12.9. The molecule has 30 heavy (non-hydrogen) atoms. The molecule has 154 valence electrons. The average Bonchev–Trinajstić information content (AvgIpc) is 3.31. The van der Waals surface area contributed by atoms with E-state index < -0.39 is 0 Å². The van der Waals surface area contributed by atoms with E-state index in [-0.39, 0.29) is 5.91 Å². The summed E-state index contributed by atoms with van der Waals surface area (Å²) in [6.07, 6.45) is 0. The summed E-state index contributed by atoms with van der Waals surface area (Å²) in [6, 6.07) is 17.4. The Morgan fingerprint density at radius 3 is 2.67 bits per heavy atom. The molecule has 0 aliphatic heterocycles. The molecular weight excluding hydrogens is 398 g/mol. The van der Waals surface area contributed by atoms with Crippen molar-refractivity contribution in [2.45, 2.75) is 20.4 Å². The van der Waals surface area contributed by atoms with Crippen LogP contribution in [0.4, 0.5) is 5.69 Å². The Kier molecular flexibility index (Phi) is 5.72. The zero-order valence-corrected chi connectivity index (χ0v) is 18.0. The van der Waals surface area contributed by atoms with Gasteiger partial charge in [-0.1, -0.05) is 30.3 Å². The van der Waals surface area contributed by atoms with Crippen molar-refractivity contribution >= 4 is 33.1 Å². The molecule has 2 aromatic heterocycles. The van der Waals surface area contributed by atoms with E-state index in [1.165, 1.54) is 16.9 Å². The number of anilines is 1. The largest absolute Gasteiger partial charge is 0.493 e. The highest BCUT2D eigenvalue weighted by atomic mass is 32.1. The first kappa shape index (κ1) is 20.0. The number of nitrogens with one attached hydrogen (secondary N) is 1. The number of aryl methyl sites for hydroxylation is 1. The number of hydrogen-bond donors (Lipinski definition) is 1. The number of ether oxygens (including phenoxy) is 2. The monoisotopic (exact) mass is 421 g/mol. The van der Waals surface area contributed by atoms with Gasteiger partial charge in [-0.05, 0) is 37.6 Å². The zero-order valence-electron chi connectivity index (χ0n) is 17.1. The SMILES string of the molecule is CCOc1cc(NC(=O)c2cc3c(C)nn(Cc4ccccc4)c3s2)ccc1OC. The number of fused-ring (bicyclic) bond motifs is 1. The zero-order chi connectivity index (χ0) is 21.1. The Labute approximate surface area is 179 Å². The minimum absolute atomic E-state index is 0.158. The smallest absolute Gasteiger partial charge is 0.265 e. The fourth-order valence-corrected chi connectivity index (χ4v) is 4.36. The highest BCUT2D eigenvalue weighted by molar-refractivity contribution is 7.20. The number of amides is 1. The van der Waals surface area contributed by atoms with Crippen molar-refractivity contribution in [3.63, 3.8) is 0 Å². The summed E-state index contributed by atoms with van der Waals surface area (Å²) in [5.41, 5.74) is 2.74. The molecule has 2 heterocycles. The van der Waals surface area contributed by atoms with Crippen LogP contribution >= 0.6 is 11.3 Å². The summed E-state index contributed by atoms with van der Waals surface area (Å²) in [5, 5.41) is 8.60. The van der Waals surface area contributed by atoms with Gasteiger partial charge in [0.05, 0.1) is 30.8 Å². The quantitative estimate of drug-likeness (QED) is 0.450. The fourth-order valence-electron chi connectivity index (χ4n) is 3.30. The lowest BCUT2D eigenvalue weighted by molar-refractivity contribution is 0.103. The molecular formula is C23H23N3O3S. The predicted molar refractivity (Wildman–Crippen MR) is 120 cm³/mol. The van der Waals surface area contributed by atoms with Crippen molar-refractivity contribution in [1.29, 1.82) is 0 Å². The van der Waals surface area contributed by atoms with Crippen LogP contribution in [0.2, 0.25) is 0 Å². The normalized spacial score (nSPS) is 10.9. The van der Waals surface area contributed by atoms with E-state index in [4.69, 9.17) is 9.47 Å². The number of aromatic nitrogens is 2. The van der Waals surface area contributed by atoms with Gasteiger partial charge in [-0.15, -0.1) is 11.3 Å². The van der Waals surface area contributed by atoms with Crippen molar-refractivity contribution in [3.05, 3.63) is 70.7 Å². The molecule has 1 N–H and O–H groups in total. The molecule has 0 spiro atoms. The van der Waals surface area contributed by atoms with Gasteiger partial charge in [-0.2, -0.15) is 5.10 Å². The van der Waals surface area contributed by atoms with Gasteiger partial charge >= 0.3 is 0 Å². The number of hydrogen-bond acceptors (Lipinski definition) is 5. The van der Waals surface area contributed by atoms with Crippen LogP contribution < -0.4 is 14.8 Å². The molecule has 0 aliphatic carbocycles. The minimum Gasteiger partial charge on any atom is -0.493 e. The fraction of sp³-hybridized carbons (Fsp3) is 0.217. The van der Waals surface area contributed by atoms with E-state index in [0.29, 0.717) is 35.2 Å². The van der Waals surface area contributed by atoms with Gasteiger partial charge in [0, 0.05) is 17.1 Å². The van der Waals surface area contributed by atoms with E-state index in [0.717, 1.165) is 15.9 Å². The topological polar surface area (TPSA) is 65.4 Å². The van der Waals surface area contributed by atoms with Crippen molar-refractivity contribution in [2.75, 3.05) is 19.0 Å². The molecule has 2 aromatic carbocycles. The van der Waals surface area contributed by atoms with Crippen LogP contribution in [0, 0.1) is 6.92 Å². The maximum atomic E-state index is 12.9. The molecule has 0 atom stereocenters. The number of benzene rings is 2. The second kappa shape index (κ2) is 8.59. The molecule has 0 saturated carbocycles. The van der Waals surface area contributed by atoms with Crippen LogP contribution in [0.1, 0.15) is 27.9 Å². The number of methoxy groups -OCH3 is 1. The number of nitrogens with zero attached hydrogens (tertiary/aromatic N) is 2. The van der Waals surface area contributed by atoms with Gasteiger partial charge in [0.1, 0.15) is 4.83 Å². The lowest BCUT2D eigenvalue weighted by atomic mass is 10.2. The molecule has 0 fully saturated rings. The van der Waals surface area contributed by atoms with Crippen molar-refractivity contribution in [1.82, 2.24) is 9.78 Å². The van der Waals surface area contributed by atoms with E-state index in [1.54, 1.807) is 25.3 Å². The van der Waals surface area contributed by atoms with Crippen molar-refractivity contribution in [2.24, 2.45) is 0 Å². The van der Waals surface area contributed by atoms with E-state index in [1.807, 2.05) is 42.8 Å². The first-order valence-electron chi connectivity index (χ1n) is 9.72. The maximum Gasteiger partial charge on any atom is 0.265 e. The summed E-state index contributed by atoms with van der Waals surface area (Å²) in [5.74, 6) is 1.08. The minimum atomic E-state index is -0.158. The number of carbonyl (C=O) groups is 1. The Hall–Kier alpha value is -3.32. The number of thiophene rings is 1. The van der Waals surface area contributed by atoms with Crippen molar-refractivity contribution < 1.29 is 14.3 Å². The van der Waals surface area contributed by atoms with Crippen LogP contribution in [-0.2, 0) is 6.54 Å². The molecule has 1 amide bonds. The molecule has 0 aliphatic rings. The molecule has 6 nitrogen and oxygen atoms in total. The second-order valence-corrected chi connectivity index (χ2v) is 7.84. The Balaban J connectivity index is 1.58. The lowest BCUT2D eigenvalue weighted by Gasteiger charge is -2.11. The van der Waals surface area contributed by atoms with Gasteiger partial charge in [-0.3, -0.25) is 9.48 Å². The third kappa shape index (κ3) is 4.02. The van der Waals surface area contributed by atoms with Crippen LogP contribution in [0.25, 0.3) is 10.2 Å². The van der Waals surface area contributed by atoms with E-state index in [9.17, 15) is 4.79 Å². The van der Waals surface area contributed by atoms with Crippen LogP contribution in [0.5, 0.6) is 11.5 Å². The standard InChI is InChI=1S/C23H23N3O3S/c1-4-29-20-12-17(10-11-19(20)28-3)24-22(27)21-13-18-15(2)25-26(23(18)30-21)14-16-8-6-5-7-9-16/h5-13H,4,14H2,1-3H3,(H,24,27). The van der Waals surface area contributed by atoms with Gasteiger partial charge < -0.3 is 14.8 Å². The summed E-state index contributed by atoms with van der Waals surface area (Å²) < 4.78 is 12.9. The molecule has 0 unspecified atom stereocenters. The first-order valence-corrected chi connectivity index (χ1v) is 10.5. The lowest BCUT2D eigenvalue weighted by Crippen LogP contribution is -2.10. The van der Waals surface area contributed by atoms with E-state index >= 15 is 0 Å². The van der Waals surface area contributed by atoms with Gasteiger partial charge in [0.25, 0.3) is 5.91 Å². The highest BCUT2D eigenvalue weighted by Gasteiger charge is 2.17. The molecule has 4 aromatic rings. The number of rotatable bonds is 7. The predicted octanol–water partition coefficient (Wildman–Crippen LogP) is 5.11. The molecule has 7 heteroatoms. The Morgan fingerprint density at radius 2 is 1.93 bits per heavy atom. The third-order valence-electron chi connectivity index (χ3n) is 4.73. The van der Waals surface area contributed by atoms with Crippen LogP contribution in [0.3, 0.4) is 0 Å². The molecule has 0 radical (unpaired) electrons.